The van der Waals surface area contributed by atoms with Crippen LogP contribution in [-0.4, -0.2) is 59.7 Å². The number of urea groups is 1. The van der Waals surface area contributed by atoms with Gasteiger partial charge in [-0.15, -0.1) is 0 Å². The van der Waals surface area contributed by atoms with Crippen molar-refractivity contribution in [2.75, 3.05) is 37.7 Å². The van der Waals surface area contributed by atoms with Crippen molar-refractivity contribution in [3.05, 3.63) is 41.9 Å². The zero-order valence-corrected chi connectivity index (χ0v) is 14.9. The summed E-state index contributed by atoms with van der Waals surface area (Å²) in [6, 6.07) is 3.34. The number of anilines is 1. The molecule has 2 aromatic heterocycles. The molecular weight excluding hydrogens is 346 g/mol. The summed E-state index contributed by atoms with van der Waals surface area (Å²) in [6.45, 7) is 2.88. The predicted octanol–water partition coefficient (Wildman–Crippen LogP) is 1.45. The topological polar surface area (TPSA) is 102 Å². The fourth-order valence-corrected chi connectivity index (χ4v) is 3.50. The Labute approximate surface area is 156 Å². The van der Waals surface area contributed by atoms with Gasteiger partial charge < -0.3 is 15.4 Å². The van der Waals surface area contributed by atoms with Gasteiger partial charge in [0, 0.05) is 49.4 Å². The molecule has 3 amide bonds. The third-order valence-electron chi connectivity index (χ3n) is 4.91. The van der Waals surface area contributed by atoms with Crippen molar-refractivity contribution in [2.24, 2.45) is 5.73 Å². The summed E-state index contributed by atoms with van der Waals surface area (Å²) in [6.07, 6.45) is 6.67. The van der Waals surface area contributed by atoms with Crippen molar-refractivity contribution >= 4 is 17.8 Å². The minimum atomic E-state index is -0.490. The molecule has 0 unspecified atom stereocenters. The molecule has 2 aromatic rings. The molecule has 0 bridgehead atoms. The number of morpholine rings is 1. The molecular formula is C19H21N5O3. The summed E-state index contributed by atoms with van der Waals surface area (Å²) in [7, 11) is 0. The van der Waals surface area contributed by atoms with Crippen molar-refractivity contribution in [3.63, 3.8) is 0 Å². The SMILES string of the molecule is NC(=O)N1CCCc2cc(-c3cncc(C(=O)N4CCOCC4)c3)cnc21. The maximum atomic E-state index is 12.7. The summed E-state index contributed by atoms with van der Waals surface area (Å²) in [5, 5.41) is 0. The van der Waals surface area contributed by atoms with Gasteiger partial charge in [0.2, 0.25) is 0 Å². The van der Waals surface area contributed by atoms with E-state index in [2.05, 4.69) is 9.97 Å². The standard InChI is InChI=1S/C19H21N5O3/c20-19(26)24-3-1-2-13-8-15(12-22-17(13)24)14-9-16(11-21-10-14)18(25)23-4-6-27-7-5-23/h8-12H,1-7H2,(H2,20,26). The first-order valence-corrected chi connectivity index (χ1v) is 9.02. The Bertz CT molecular complexity index is 879. The van der Waals surface area contributed by atoms with Gasteiger partial charge in [-0.2, -0.15) is 0 Å². The lowest BCUT2D eigenvalue weighted by molar-refractivity contribution is 0.0302. The number of primary amides is 1. The molecule has 1 fully saturated rings. The number of fused-ring (bicyclic) bond motifs is 1. The maximum Gasteiger partial charge on any atom is 0.320 e. The summed E-state index contributed by atoms with van der Waals surface area (Å²) in [5.74, 6) is 0.574. The second-order valence-electron chi connectivity index (χ2n) is 6.67. The Morgan fingerprint density at radius 2 is 1.81 bits per heavy atom. The molecule has 0 saturated carbocycles. The molecule has 2 aliphatic heterocycles. The average Bonchev–Trinajstić information content (AvgIpc) is 2.73. The molecule has 0 spiro atoms. The lowest BCUT2D eigenvalue weighted by atomic mass is 10.0. The Balaban J connectivity index is 1.62. The van der Waals surface area contributed by atoms with E-state index in [1.165, 1.54) is 4.90 Å². The Morgan fingerprint density at radius 1 is 1.04 bits per heavy atom. The van der Waals surface area contributed by atoms with Crippen LogP contribution in [0, 0.1) is 0 Å². The van der Waals surface area contributed by atoms with Gasteiger partial charge in [0.25, 0.3) is 5.91 Å². The van der Waals surface area contributed by atoms with Crippen molar-refractivity contribution in [2.45, 2.75) is 12.8 Å². The van der Waals surface area contributed by atoms with E-state index in [9.17, 15) is 9.59 Å². The van der Waals surface area contributed by atoms with E-state index in [-0.39, 0.29) is 5.91 Å². The molecule has 8 nitrogen and oxygen atoms in total. The number of carbonyl (C=O) groups excluding carboxylic acids is 2. The molecule has 0 radical (unpaired) electrons. The number of nitrogens with zero attached hydrogens (tertiary/aromatic N) is 4. The summed E-state index contributed by atoms with van der Waals surface area (Å²) in [5.41, 5.74) is 8.65. The number of hydrogen-bond donors (Lipinski definition) is 1. The Kier molecular flexibility index (Phi) is 4.72. The second kappa shape index (κ2) is 7.32. The molecule has 140 valence electrons. The van der Waals surface area contributed by atoms with E-state index >= 15 is 0 Å². The molecule has 8 heteroatoms. The molecule has 27 heavy (non-hydrogen) atoms. The van der Waals surface area contributed by atoms with E-state index < -0.39 is 6.03 Å². The van der Waals surface area contributed by atoms with Gasteiger partial charge in [0.1, 0.15) is 5.82 Å². The van der Waals surface area contributed by atoms with Crippen LogP contribution < -0.4 is 10.6 Å². The lowest BCUT2D eigenvalue weighted by Crippen LogP contribution is -2.40. The van der Waals surface area contributed by atoms with Gasteiger partial charge in [-0.05, 0) is 30.5 Å². The number of amides is 3. The van der Waals surface area contributed by atoms with Crippen LogP contribution in [0.3, 0.4) is 0 Å². The number of nitrogens with two attached hydrogens (primary N) is 1. The number of aryl methyl sites for hydroxylation is 1. The molecule has 1 saturated heterocycles. The van der Waals surface area contributed by atoms with Crippen molar-refractivity contribution < 1.29 is 14.3 Å². The van der Waals surface area contributed by atoms with Gasteiger partial charge >= 0.3 is 6.03 Å². The maximum absolute atomic E-state index is 12.7. The van der Waals surface area contributed by atoms with E-state index in [1.807, 2.05) is 12.1 Å². The number of rotatable bonds is 2. The summed E-state index contributed by atoms with van der Waals surface area (Å²) < 4.78 is 5.30. The highest BCUT2D eigenvalue weighted by Gasteiger charge is 2.23. The number of hydrogen-bond acceptors (Lipinski definition) is 5. The smallest absolute Gasteiger partial charge is 0.320 e. The molecule has 0 aromatic carbocycles. The van der Waals surface area contributed by atoms with Crippen LogP contribution >= 0.6 is 0 Å². The number of ether oxygens (including phenoxy) is 1. The zero-order valence-electron chi connectivity index (χ0n) is 14.9. The fourth-order valence-electron chi connectivity index (χ4n) is 3.50. The number of pyridine rings is 2. The monoisotopic (exact) mass is 367 g/mol. The van der Waals surface area contributed by atoms with Crippen LogP contribution in [0.4, 0.5) is 10.6 Å². The quantitative estimate of drug-likeness (QED) is 0.866. The molecule has 4 rings (SSSR count). The number of aromatic nitrogens is 2. The first kappa shape index (κ1) is 17.4. The van der Waals surface area contributed by atoms with Gasteiger partial charge in [-0.25, -0.2) is 9.78 Å². The van der Waals surface area contributed by atoms with Crippen LogP contribution in [0.5, 0.6) is 0 Å². The second-order valence-corrected chi connectivity index (χ2v) is 6.67. The van der Waals surface area contributed by atoms with Crippen LogP contribution in [0.25, 0.3) is 11.1 Å². The van der Waals surface area contributed by atoms with Crippen LogP contribution in [0.1, 0.15) is 22.3 Å². The average molecular weight is 367 g/mol. The molecule has 0 aliphatic carbocycles. The zero-order chi connectivity index (χ0) is 18.8. The van der Waals surface area contributed by atoms with Gasteiger partial charge in [0.15, 0.2) is 0 Å². The highest BCUT2D eigenvalue weighted by Crippen LogP contribution is 2.29. The number of carbonyl (C=O) groups is 2. The van der Waals surface area contributed by atoms with E-state index in [0.717, 1.165) is 29.5 Å². The largest absolute Gasteiger partial charge is 0.378 e. The Morgan fingerprint density at radius 3 is 2.59 bits per heavy atom. The molecule has 4 heterocycles. The van der Waals surface area contributed by atoms with Crippen LogP contribution in [0.2, 0.25) is 0 Å². The van der Waals surface area contributed by atoms with Gasteiger partial charge in [-0.3, -0.25) is 14.7 Å². The van der Waals surface area contributed by atoms with E-state index in [4.69, 9.17) is 10.5 Å². The van der Waals surface area contributed by atoms with Gasteiger partial charge in [-0.1, -0.05) is 0 Å². The van der Waals surface area contributed by atoms with Crippen molar-refractivity contribution in [1.29, 1.82) is 0 Å². The van der Waals surface area contributed by atoms with Crippen LogP contribution in [-0.2, 0) is 11.2 Å². The van der Waals surface area contributed by atoms with Crippen molar-refractivity contribution in [1.82, 2.24) is 14.9 Å². The minimum absolute atomic E-state index is 0.0431. The molecule has 2 aliphatic rings. The fraction of sp³-hybridized carbons (Fsp3) is 0.368. The normalized spacial score (nSPS) is 16.7. The highest BCUT2D eigenvalue weighted by atomic mass is 16.5. The lowest BCUT2D eigenvalue weighted by Gasteiger charge is -2.27. The third-order valence-corrected chi connectivity index (χ3v) is 4.91. The summed E-state index contributed by atoms with van der Waals surface area (Å²) >= 11 is 0. The summed E-state index contributed by atoms with van der Waals surface area (Å²) in [4.78, 5) is 36.2. The molecule has 2 N–H and O–H groups in total. The van der Waals surface area contributed by atoms with Crippen molar-refractivity contribution in [3.8, 4) is 11.1 Å². The Hall–Kier alpha value is -3.00. The third kappa shape index (κ3) is 3.48. The van der Waals surface area contributed by atoms with Crippen LogP contribution in [0.15, 0.2) is 30.7 Å². The van der Waals surface area contributed by atoms with Gasteiger partial charge in [0.05, 0.1) is 18.8 Å². The highest BCUT2D eigenvalue weighted by molar-refractivity contribution is 5.95. The predicted molar refractivity (Wildman–Crippen MR) is 99.4 cm³/mol. The van der Waals surface area contributed by atoms with E-state index in [1.54, 1.807) is 23.5 Å². The first-order valence-electron chi connectivity index (χ1n) is 9.02. The van der Waals surface area contributed by atoms with E-state index in [0.29, 0.717) is 44.2 Å². The first-order chi connectivity index (χ1) is 13.1. The minimum Gasteiger partial charge on any atom is -0.378 e. The molecule has 0 atom stereocenters.